The van der Waals surface area contributed by atoms with Crippen LogP contribution in [0.2, 0.25) is 0 Å². The Morgan fingerprint density at radius 3 is 2.33 bits per heavy atom. The molecule has 0 saturated heterocycles. The average molecular weight is 121 g/mol. The zero-order chi connectivity index (χ0) is 6.85. The van der Waals surface area contributed by atoms with Gasteiger partial charge in [0.05, 0.1) is 11.4 Å². The van der Waals surface area contributed by atoms with Gasteiger partial charge in [0.25, 0.3) is 0 Å². The third-order valence-electron chi connectivity index (χ3n) is 1.23. The van der Waals surface area contributed by atoms with Gasteiger partial charge in [0.1, 0.15) is 0 Å². The van der Waals surface area contributed by atoms with Crippen LogP contribution in [0.5, 0.6) is 0 Å². The van der Waals surface area contributed by atoms with E-state index in [2.05, 4.69) is 6.92 Å². The van der Waals surface area contributed by atoms with Gasteiger partial charge in [-0.3, -0.25) is 0 Å². The number of anilines is 2. The largest absolute Gasteiger partial charge is 0.397 e. The molecule has 4 N–H and O–H groups in total. The molecule has 0 fully saturated rings. The Morgan fingerprint density at radius 1 is 1.22 bits per heavy atom. The number of nitrogen functional groups attached to an aromatic ring is 2. The second-order valence-corrected chi connectivity index (χ2v) is 1.92. The predicted molar refractivity (Wildman–Crippen MR) is 39.7 cm³/mol. The van der Waals surface area contributed by atoms with E-state index in [9.17, 15) is 0 Å². The van der Waals surface area contributed by atoms with E-state index in [0.717, 1.165) is 5.56 Å². The molecule has 47 valence electrons. The fourth-order valence-corrected chi connectivity index (χ4v) is 0.633. The Bertz CT molecular complexity index is 198. The van der Waals surface area contributed by atoms with Crippen LogP contribution in [0.4, 0.5) is 11.4 Å². The molecule has 1 aromatic carbocycles. The first-order valence-corrected chi connectivity index (χ1v) is 2.67. The first-order chi connectivity index (χ1) is 4.22. The number of rotatable bonds is 0. The average Bonchev–Trinajstić information content (AvgIpc) is 1.83. The van der Waals surface area contributed by atoms with Gasteiger partial charge >= 0.3 is 0 Å². The summed E-state index contributed by atoms with van der Waals surface area (Å²) in [5, 5.41) is 0. The highest BCUT2D eigenvalue weighted by Gasteiger charge is 1.93. The van der Waals surface area contributed by atoms with Crippen LogP contribution in [0, 0.1) is 6.92 Å². The molecule has 0 unspecified atom stereocenters. The van der Waals surface area contributed by atoms with Gasteiger partial charge in [-0.05, 0) is 18.6 Å². The molecule has 1 radical (unpaired) electrons. The lowest BCUT2D eigenvalue weighted by molar-refractivity contribution is 1.59. The third-order valence-corrected chi connectivity index (χ3v) is 1.23. The quantitative estimate of drug-likeness (QED) is 0.504. The maximum atomic E-state index is 5.49. The van der Waals surface area contributed by atoms with Gasteiger partial charge in [0.15, 0.2) is 0 Å². The molecule has 2 heteroatoms. The Morgan fingerprint density at radius 2 is 1.89 bits per heavy atom. The molecule has 2 nitrogen and oxygen atoms in total. The van der Waals surface area contributed by atoms with Gasteiger partial charge in [0.2, 0.25) is 0 Å². The standard InChI is InChI=1S/C7H9N2/c1-5-3-2-4-6(8)7(5)9/h2-4H,1,8-9H2. The normalized spacial score (nSPS) is 9.44. The van der Waals surface area contributed by atoms with Crippen molar-refractivity contribution >= 4 is 11.4 Å². The fourth-order valence-electron chi connectivity index (χ4n) is 0.633. The van der Waals surface area contributed by atoms with Crippen molar-refractivity contribution in [2.45, 2.75) is 0 Å². The molecule has 0 amide bonds. The lowest BCUT2D eigenvalue weighted by Crippen LogP contribution is -1.95. The van der Waals surface area contributed by atoms with Crippen molar-refractivity contribution in [3.8, 4) is 0 Å². The first-order valence-electron chi connectivity index (χ1n) is 2.67. The number of para-hydroxylation sites is 1. The van der Waals surface area contributed by atoms with Crippen molar-refractivity contribution in [2.75, 3.05) is 11.5 Å². The summed E-state index contributed by atoms with van der Waals surface area (Å²) < 4.78 is 0. The Hall–Kier alpha value is -1.18. The lowest BCUT2D eigenvalue weighted by Gasteiger charge is -2.00. The van der Waals surface area contributed by atoms with Gasteiger partial charge in [-0.1, -0.05) is 12.1 Å². The van der Waals surface area contributed by atoms with Crippen molar-refractivity contribution in [1.29, 1.82) is 0 Å². The topological polar surface area (TPSA) is 52.0 Å². The van der Waals surface area contributed by atoms with E-state index >= 15 is 0 Å². The molecular formula is C7H9N2. The molecule has 0 atom stereocenters. The molecule has 0 aliphatic carbocycles. The number of nitrogens with two attached hydrogens (primary N) is 2. The molecule has 0 aromatic heterocycles. The molecule has 0 aliphatic heterocycles. The third kappa shape index (κ3) is 0.964. The first kappa shape index (κ1) is 5.95. The summed E-state index contributed by atoms with van der Waals surface area (Å²) >= 11 is 0. The highest BCUT2D eigenvalue weighted by atomic mass is 14.7. The van der Waals surface area contributed by atoms with E-state index < -0.39 is 0 Å². The van der Waals surface area contributed by atoms with Crippen molar-refractivity contribution in [3.63, 3.8) is 0 Å². The van der Waals surface area contributed by atoms with Crippen LogP contribution in [-0.4, -0.2) is 0 Å². The van der Waals surface area contributed by atoms with E-state index in [-0.39, 0.29) is 0 Å². The highest BCUT2D eigenvalue weighted by Crippen LogP contribution is 2.17. The number of hydrogen-bond acceptors (Lipinski definition) is 2. The summed E-state index contributed by atoms with van der Waals surface area (Å²) in [7, 11) is 0. The SMILES string of the molecule is [CH2]c1cccc(N)c1N. The van der Waals surface area contributed by atoms with E-state index in [4.69, 9.17) is 11.5 Å². The summed E-state index contributed by atoms with van der Waals surface area (Å²) in [4.78, 5) is 0. The van der Waals surface area contributed by atoms with Crippen LogP contribution >= 0.6 is 0 Å². The second kappa shape index (κ2) is 1.97. The molecular weight excluding hydrogens is 112 g/mol. The minimum absolute atomic E-state index is 0.581. The van der Waals surface area contributed by atoms with Gasteiger partial charge in [-0.25, -0.2) is 0 Å². The highest BCUT2D eigenvalue weighted by molar-refractivity contribution is 5.67. The van der Waals surface area contributed by atoms with Gasteiger partial charge in [-0.15, -0.1) is 0 Å². The van der Waals surface area contributed by atoms with Crippen molar-refractivity contribution in [3.05, 3.63) is 30.7 Å². The molecule has 0 heterocycles. The number of hydrogen-bond donors (Lipinski definition) is 2. The van der Waals surface area contributed by atoms with Crippen molar-refractivity contribution in [2.24, 2.45) is 0 Å². The van der Waals surface area contributed by atoms with Crippen LogP contribution in [0.3, 0.4) is 0 Å². The predicted octanol–water partition coefficient (Wildman–Crippen LogP) is 1.03. The fraction of sp³-hybridized carbons (Fsp3) is 0. The molecule has 0 spiro atoms. The molecule has 1 aromatic rings. The van der Waals surface area contributed by atoms with E-state index in [0.29, 0.717) is 11.4 Å². The molecule has 0 saturated carbocycles. The van der Waals surface area contributed by atoms with Gasteiger partial charge in [-0.2, -0.15) is 0 Å². The second-order valence-electron chi connectivity index (χ2n) is 1.92. The summed E-state index contributed by atoms with van der Waals surface area (Å²) in [5.41, 5.74) is 12.9. The maximum Gasteiger partial charge on any atom is 0.0580 e. The van der Waals surface area contributed by atoms with Gasteiger partial charge in [0, 0.05) is 0 Å². The summed E-state index contributed by atoms with van der Waals surface area (Å²) in [6, 6.07) is 5.41. The Kier molecular flexibility index (Phi) is 1.30. The lowest BCUT2D eigenvalue weighted by atomic mass is 10.2. The summed E-state index contributed by atoms with van der Waals surface area (Å²) in [5.74, 6) is 0. The van der Waals surface area contributed by atoms with E-state index in [1.165, 1.54) is 0 Å². The number of benzene rings is 1. The Labute approximate surface area is 54.5 Å². The van der Waals surface area contributed by atoms with Crippen LogP contribution in [0.25, 0.3) is 0 Å². The van der Waals surface area contributed by atoms with Crippen LogP contribution < -0.4 is 11.5 Å². The van der Waals surface area contributed by atoms with Gasteiger partial charge < -0.3 is 11.5 Å². The van der Waals surface area contributed by atoms with Crippen LogP contribution in [0.15, 0.2) is 18.2 Å². The van der Waals surface area contributed by atoms with Crippen LogP contribution in [0.1, 0.15) is 5.56 Å². The monoisotopic (exact) mass is 121 g/mol. The van der Waals surface area contributed by atoms with E-state index in [1.807, 2.05) is 12.1 Å². The summed E-state index contributed by atoms with van der Waals surface area (Å²) in [6.07, 6.45) is 0. The van der Waals surface area contributed by atoms with Crippen LogP contribution in [-0.2, 0) is 0 Å². The smallest absolute Gasteiger partial charge is 0.0580 e. The zero-order valence-corrected chi connectivity index (χ0v) is 5.09. The minimum Gasteiger partial charge on any atom is -0.397 e. The van der Waals surface area contributed by atoms with Crippen molar-refractivity contribution in [1.82, 2.24) is 0 Å². The Balaban J connectivity index is 3.25. The van der Waals surface area contributed by atoms with Crippen molar-refractivity contribution < 1.29 is 0 Å². The maximum absolute atomic E-state index is 5.49. The van der Waals surface area contributed by atoms with E-state index in [1.54, 1.807) is 6.07 Å². The molecule has 0 aliphatic rings. The minimum atomic E-state index is 0.581. The molecule has 9 heavy (non-hydrogen) atoms. The summed E-state index contributed by atoms with van der Waals surface area (Å²) in [6.45, 7) is 3.68. The molecule has 1 rings (SSSR count). The zero-order valence-electron chi connectivity index (χ0n) is 5.09. The molecule has 0 bridgehead atoms.